The van der Waals surface area contributed by atoms with Crippen molar-refractivity contribution in [1.82, 2.24) is 5.32 Å². The fraction of sp³-hybridized carbons (Fsp3) is 0.520. The Morgan fingerprint density at radius 2 is 1.82 bits per heavy atom. The van der Waals surface area contributed by atoms with Gasteiger partial charge in [0.15, 0.2) is 0 Å². The number of benzene rings is 2. The molecule has 0 aliphatic carbocycles. The predicted molar refractivity (Wildman–Crippen MR) is 114 cm³/mol. The Kier molecular flexibility index (Phi) is 5.96. The molecule has 0 aromatic heterocycles. The number of piperidine rings is 1. The first-order valence-electron chi connectivity index (χ1n) is 11.5. The summed E-state index contributed by atoms with van der Waals surface area (Å²) < 4.78 is 80.1. The molecule has 0 saturated carbocycles. The minimum Gasteiger partial charge on any atom is -0.487 e. The minimum atomic E-state index is -4.86. The van der Waals surface area contributed by atoms with Crippen molar-refractivity contribution in [3.63, 3.8) is 0 Å². The number of hydrogen-bond acceptors (Lipinski definition) is 4. The lowest BCUT2D eigenvalue weighted by Gasteiger charge is -2.50. The molecule has 184 valence electrons. The Balaban J connectivity index is 1.49. The van der Waals surface area contributed by atoms with Gasteiger partial charge in [-0.1, -0.05) is 30.3 Å². The SMILES string of the molecule is FC(F)COc1ccc(OC(F)(F)F)cc1[C@H]1CO[C@]2(CC[C@H]3CC[C@]2(c2ccccc2)N3)C1. The minimum absolute atomic E-state index is 0.127. The van der Waals surface area contributed by atoms with E-state index < -0.39 is 36.3 Å². The molecule has 0 amide bonds. The highest BCUT2D eigenvalue weighted by Crippen LogP contribution is 2.58. The molecule has 2 aromatic carbocycles. The van der Waals surface area contributed by atoms with Gasteiger partial charge in [0.2, 0.25) is 0 Å². The van der Waals surface area contributed by atoms with Gasteiger partial charge >= 0.3 is 6.36 Å². The maximum Gasteiger partial charge on any atom is 0.573 e. The molecule has 1 N–H and O–H groups in total. The summed E-state index contributed by atoms with van der Waals surface area (Å²) >= 11 is 0. The maximum absolute atomic E-state index is 12.8. The Bertz CT molecular complexity index is 1020. The quantitative estimate of drug-likeness (QED) is 0.519. The van der Waals surface area contributed by atoms with E-state index in [1.807, 2.05) is 18.2 Å². The average Bonchev–Trinajstić information content (AvgIpc) is 3.39. The van der Waals surface area contributed by atoms with Crippen molar-refractivity contribution in [2.24, 2.45) is 0 Å². The topological polar surface area (TPSA) is 39.7 Å². The van der Waals surface area contributed by atoms with E-state index in [0.29, 0.717) is 18.0 Å². The van der Waals surface area contributed by atoms with Gasteiger partial charge in [0.05, 0.1) is 17.7 Å². The van der Waals surface area contributed by atoms with Gasteiger partial charge in [0.25, 0.3) is 6.43 Å². The van der Waals surface area contributed by atoms with Crippen LogP contribution in [0.2, 0.25) is 0 Å². The van der Waals surface area contributed by atoms with E-state index >= 15 is 0 Å². The molecule has 3 fully saturated rings. The van der Waals surface area contributed by atoms with Crippen LogP contribution >= 0.6 is 0 Å². The van der Waals surface area contributed by atoms with Crippen molar-refractivity contribution in [2.45, 2.75) is 68.0 Å². The molecule has 5 rings (SSSR count). The van der Waals surface area contributed by atoms with Gasteiger partial charge in [-0.3, -0.25) is 0 Å². The van der Waals surface area contributed by atoms with E-state index in [1.54, 1.807) is 0 Å². The molecule has 2 aromatic rings. The Hall–Kier alpha value is -2.39. The van der Waals surface area contributed by atoms with Crippen LogP contribution in [0.15, 0.2) is 48.5 Å². The fourth-order valence-corrected chi connectivity index (χ4v) is 6.07. The molecule has 4 nitrogen and oxygen atoms in total. The summed E-state index contributed by atoms with van der Waals surface area (Å²) in [5.74, 6) is -0.611. The molecule has 4 atom stereocenters. The van der Waals surface area contributed by atoms with E-state index in [9.17, 15) is 22.0 Å². The van der Waals surface area contributed by atoms with Crippen LogP contribution in [0, 0.1) is 0 Å². The van der Waals surface area contributed by atoms with Crippen LogP contribution in [0.5, 0.6) is 11.5 Å². The number of hydrogen-bond donors (Lipinski definition) is 1. The Morgan fingerprint density at radius 3 is 2.56 bits per heavy atom. The fourth-order valence-electron chi connectivity index (χ4n) is 6.07. The molecule has 34 heavy (non-hydrogen) atoms. The van der Waals surface area contributed by atoms with Gasteiger partial charge in [-0.15, -0.1) is 13.2 Å². The zero-order valence-corrected chi connectivity index (χ0v) is 18.4. The molecule has 3 heterocycles. The molecule has 0 radical (unpaired) electrons. The standard InChI is InChI=1S/C25H26F5NO3/c26-22(27)15-32-21-7-6-19(34-25(28,29)30)12-20(21)16-13-23(33-14-16)10-8-18-9-11-24(23,31-18)17-4-2-1-3-5-17/h1-7,12,16,18,22,31H,8-11,13-15H2/t16-,18+,23-,24-/m1/s1. The summed E-state index contributed by atoms with van der Waals surface area (Å²) in [4.78, 5) is 0. The smallest absolute Gasteiger partial charge is 0.487 e. The lowest BCUT2D eigenvalue weighted by molar-refractivity contribution is -0.274. The molecular formula is C25H26F5NO3. The second-order valence-corrected chi connectivity index (χ2v) is 9.35. The van der Waals surface area contributed by atoms with E-state index in [-0.39, 0.29) is 18.3 Å². The van der Waals surface area contributed by atoms with Crippen LogP contribution in [0.3, 0.4) is 0 Å². The normalized spacial score (nSPS) is 30.8. The molecular weight excluding hydrogens is 457 g/mol. The zero-order chi connectivity index (χ0) is 24.0. The summed E-state index contributed by atoms with van der Waals surface area (Å²) in [5, 5.41) is 3.79. The lowest BCUT2D eigenvalue weighted by atomic mass is 9.67. The number of fused-ring (bicyclic) bond motifs is 3. The second kappa shape index (κ2) is 8.68. The van der Waals surface area contributed by atoms with Gasteiger partial charge in [-0.05, 0) is 55.9 Å². The highest BCUT2D eigenvalue weighted by molar-refractivity contribution is 5.44. The maximum atomic E-state index is 12.8. The van der Waals surface area contributed by atoms with Crippen LogP contribution in [-0.2, 0) is 10.3 Å². The largest absolute Gasteiger partial charge is 0.573 e. The van der Waals surface area contributed by atoms with E-state index in [0.717, 1.165) is 37.3 Å². The third kappa shape index (κ3) is 4.24. The molecule has 3 aliphatic rings. The van der Waals surface area contributed by atoms with Gasteiger partial charge in [-0.25, -0.2) is 8.78 Å². The van der Waals surface area contributed by atoms with Gasteiger partial charge < -0.3 is 19.5 Å². The first-order valence-corrected chi connectivity index (χ1v) is 11.5. The van der Waals surface area contributed by atoms with Crippen LogP contribution in [0.1, 0.15) is 49.1 Å². The Labute approximate surface area is 194 Å². The first kappa shape index (κ1) is 23.4. The highest BCUT2D eigenvalue weighted by atomic mass is 19.4. The monoisotopic (exact) mass is 483 g/mol. The molecule has 0 unspecified atom stereocenters. The van der Waals surface area contributed by atoms with Gasteiger partial charge in [-0.2, -0.15) is 0 Å². The predicted octanol–water partition coefficient (Wildman–Crippen LogP) is 5.91. The van der Waals surface area contributed by atoms with Crippen molar-refractivity contribution in [2.75, 3.05) is 13.2 Å². The highest BCUT2D eigenvalue weighted by Gasteiger charge is 2.62. The number of ether oxygens (including phenoxy) is 3. The third-order valence-corrected chi connectivity index (χ3v) is 7.42. The lowest BCUT2D eigenvalue weighted by Crippen LogP contribution is -2.61. The molecule has 3 aliphatic heterocycles. The Morgan fingerprint density at radius 1 is 1.06 bits per heavy atom. The molecule has 3 saturated heterocycles. The van der Waals surface area contributed by atoms with E-state index in [1.165, 1.54) is 12.1 Å². The van der Waals surface area contributed by atoms with Gasteiger partial charge in [0.1, 0.15) is 18.1 Å². The van der Waals surface area contributed by atoms with Crippen molar-refractivity contribution in [1.29, 1.82) is 0 Å². The summed E-state index contributed by atoms with van der Waals surface area (Å²) in [7, 11) is 0. The van der Waals surface area contributed by atoms with Crippen molar-refractivity contribution in [3.05, 3.63) is 59.7 Å². The molecule has 9 heteroatoms. The summed E-state index contributed by atoms with van der Waals surface area (Å²) in [6, 6.07) is 14.1. The molecule has 1 spiro atoms. The summed E-state index contributed by atoms with van der Waals surface area (Å²) in [5.41, 5.74) is 0.548. The van der Waals surface area contributed by atoms with Crippen LogP contribution in [0.25, 0.3) is 0 Å². The van der Waals surface area contributed by atoms with Crippen molar-refractivity contribution < 1.29 is 36.2 Å². The van der Waals surface area contributed by atoms with Crippen LogP contribution in [-0.4, -0.2) is 37.6 Å². The van der Waals surface area contributed by atoms with E-state index in [4.69, 9.17) is 9.47 Å². The summed E-state index contributed by atoms with van der Waals surface area (Å²) in [6.45, 7) is -0.593. The van der Waals surface area contributed by atoms with Gasteiger partial charge in [0, 0.05) is 17.5 Å². The number of nitrogens with one attached hydrogen (secondary N) is 1. The summed E-state index contributed by atoms with van der Waals surface area (Å²) in [6.07, 6.45) is -3.39. The van der Waals surface area contributed by atoms with Crippen LogP contribution in [0.4, 0.5) is 22.0 Å². The van der Waals surface area contributed by atoms with Crippen molar-refractivity contribution in [3.8, 4) is 11.5 Å². The number of alkyl halides is 5. The zero-order valence-electron chi connectivity index (χ0n) is 18.4. The third-order valence-electron chi connectivity index (χ3n) is 7.42. The first-order chi connectivity index (χ1) is 16.2. The van der Waals surface area contributed by atoms with E-state index in [2.05, 4.69) is 22.2 Å². The number of rotatable bonds is 6. The number of halogens is 5. The molecule has 2 bridgehead atoms. The average molecular weight is 483 g/mol. The van der Waals surface area contributed by atoms with Crippen molar-refractivity contribution >= 4 is 0 Å². The van der Waals surface area contributed by atoms with Crippen LogP contribution < -0.4 is 14.8 Å². The second-order valence-electron chi connectivity index (χ2n) is 9.35.